The summed E-state index contributed by atoms with van der Waals surface area (Å²) in [5, 5.41) is 11.5. The SMILES string of the molecule is COCCNC(=O)[C@H](C)Sc1nnc(-c2ccccc2F)n1C1CC1. The highest BCUT2D eigenvalue weighted by atomic mass is 32.2. The fraction of sp³-hybridized carbons (Fsp3) is 0.471. The van der Waals surface area contributed by atoms with E-state index in [-0.39, 0.29) is 23.0 Å². The van der Waals surface area contributed by atoms with Crippen molar-refractivity contribution in [3.8, 4) is 11.4 Å². The number of halogens is 1. The molecule has 0 bridgehead atoms. The molecule has 6 nitrogen and oxygen atoms in total. The molecule has 1 fully saturated rings. The van der Waals surface area contributed by atoms with Crippen LogP contribution in [0.25, 0.3) is 11.4 Å². The van der Waals surface area contributed by atoms with Crippen LogP contribution in [0.5, 0.6) is 0 Å². The number of nitrogens with zero attached hydrogens (tertiary/aromatic N) is 3. The molecule has 1 amide bonds. The maximum Gasteiger partial charge on any atom is 0.233 e. The third-order valence-corrected chi connectivity index (χ3v) is 5.00. The largest absolute Gasteiger partial charge is 0.383 e. The molecule has 0 saturated heterocycles. The minimum Gasteiger partial charge on any atom is -0.383 e. The van der Waals surface area contributed by atoms with Crippen LogP contribution in [-0.4, -0.2) is 46.2 Å². The average Bonchev–Trinajstić information content (AvgIpc) is 3.36. The van der Waals surface area contributed by atoms with Crippen LogP contribution in [0.2, 0.25) is 0 Å². The minimum absolute atomic E-state index is 0.0835. The van der Waals surface area contributed by atoms with E-state index in [1.54, 1.807) is 25.3 Å². The van der Waals surface area contributed by atoms with E-state index in [9.17, 15) is 9.18 Å². The molecule has 1 aliphatic rings. The summed E-state index contributed by atoms with van der Waals surface area (Å²) in [5.74, 6) is 0.119. The molecule has 1 saturated carbocycles. The molecule has 25 heavy (non-hydrogen) atoms. The van der Waals surface area contributed by atoms with Crippen LogP contribution in [0.1, 0.15) is 25.8 Å². The first-order valence-corrected chi connectivity index (χ1v) is 9.13. The number of hydrogen-bond acceptors (Lipinski definition) is 5. The van der Waals surface area contributed by atoms with E-state index in [4.69, 9.17) is 4.74 Å². The van der Waals surface area contributed by atoms with Crippen LogP contribution in [0.15, 0.2) is 29.4 Å². The van der Waals surface area contributed by atoms with Crippen LogP contribution in [0, 0.1) is 5.82 Å². The van der Waals surface area contributed by atoms with Crippen molar-refractivity contribution < 1.29 is 13.9 Å². The van der Waals surface area contributed by atoms with Gasteiger partial charge in [0.15, 0.2) is 11.0 Å². The first-order chi connectivity index (χ1) is 12.1. The second kappa shape index (κ2) is 7.97. The number of thioether (sulfide) groups is 1. The summed E-state index contributed by atoms with van der Waals surface area (Å²) in [6.07, 6.45) is 2.03. The van der Waals surface area contributed by atoms with Gasteiger partial charge in [-0.25, -0.2) is 4.39 Å². The molecule has 1 aromatic carbocycles. The number of methoxy groups -OCH3 is 1. The monoisotopic (exact) mass is 364 g/mol. The van der Waals surface area contributed by atoms with Gasteiger partial charge in [-0.2, -0.15) is 0 Å². The Kier molecular flexibility index (Phi) is 5.70. The Bertz CT molecular complexity index is 748. The van der Waals surface area contributed by atoms with E-state index in [1.165, 1.54) is 17.8 Å². The number of carbonyl (C=O) groups excluding carboxylic acids is 1. The lowest BCUT2D eigenvalue weighted by Gasteiger charge is -2.13. The number of benzene rings is 1. The Hall–Kier alpha value is -1.93. The van der Waals surface area contributed by atoms with Crippen molar-refractivity contribution in [2.45, 2.75) is 36.2 Å². The molecule has 1 aliphatic carbocycles. The number of nitrogens with one attached hydrogen (secondary N) is 1. The van der Waals surface area contributed by atoms with Gasteiger partial charge in [-0.1, -0.05) is 23.9 Å². The standard InChI is InChI=1S/C17H21FN4O2S/c1-11(16(23)19-9-10-24-2)25-17-21-20-15(22(17)12-7-8-12)13-5-3-4-6-14(13)18/h3-6,11-12H,7-10H2,1-2H3,(H,19,23)/t11-/m0/s1. The maximum atomic E-state index is 14.1. The van der Waals surface area contributed by atoms with Crippen molar-refractivity contribution in [2.24, 2.45) is 0 Å². The predicted octanol–water partition coefficient (Wildman–Crippen LogP) is 2.66. The Morgan fingerprint density at radius 3 is 2.88 bits per heavy atom. The van der Waals surface area contributed by atoms with Gasteiger partial charge in [0.05, 0.1) is 17.4 Å². The molecule has 1 N–H and O–H groups in total. The summed E-state index contributed by atoms with van der Waals surface area (Å²) >= 11 is 1.34. The molecule has 1 atom stereocenters. The minimum atomic E-state index is -0.327. The predicted molar refractivity (Wildman–Crippen MR) is 93.9 cm³/mol. The fourth-order valence-corrected chi connectivity index (χ4v) is 3.42. The van der Waals surface area contributed by atoms with Gasteiger partial charge >= 0.3 is 0 Å². The molecular formula is C17H21FN4O2S. The van der Waals surface area contributed by atoms with E-state index < -0.39 is 0 Å². The molecule has 0 aliphatic heterocycles. The highest BCUT2D eigenvalue weighted by Crippen LogP contribution is 2.42. The molecule has 2 aromatic rings. The number of amides is 1. The van der Waals surface area contributed by atoms with Crippen molar-refractivity contribution in [1.29, 1.82) is 0 Å². The number of carbonyl (C=O) groups is 1. The van der Waals surface area contributed by atoms with Crippen molar-refractivity contribution in [3.05, 3.63) is 30.1 Å². The summed E-state index contributed by atoms with van der Waals surface area (Å²) in [6.45, 7) is 2.76. The van der Waals surface area contributed by atoms with E-state index in [0.717, 1.165) is 12.8 Å². The lowest BCUT2D eigenvalue weighted by atomic mass is 10.2. The van der Waals surface area contributed by atoms with Crippen molar-refractivity contribution in [3.63, 3.8) is 0 Å². The summed E-state index contributed by atoms with van der Waals surface area (Å²) < 4.78 is 21.0. The van der Waals surface area contributed by atoms with E-state index >= 15 is 0 Å². The molecule has 134 valence electrons. The topological polar surface area (TPSA) is 69.0 Å². The van der Waals surface area contributed by atoms with E-state index in [1.807, 2.05) is 11.5 Å². The van der Waals surface area contributed by atoms with Crippen molar-refractivity contribution in [2.75, 3.05) is 20.3 Å². The summed E-state index contributed by atoms with van der Waals surface area (Å²) in [6, 6.07) is 6.82. The molecule has 0 radical (unpaired) electrons. The first-order valence-electron chi connectivity index (χ1n) is 8.25. The van der Waals surface area contributed by atoms with Gasteiger partial charge in [-0.05, 0) is 31.9 Å². The van der Waals surface area contributed by atoms with Crippen molar-refractivity contribution in [1.82, 2.24) is 20.1 Å². The summed E-state index contributed by atoms with van der Waals surface area (Å²) in [4.78, 5) is 12.1. The Morgan fingerprint density at radius 2 is 2.20 bits per heavy atom. The Balaban J connectivity index is 1.79. The number of aromatic nitrogens is 3. The van der Waals surface area contributed by atoms with Gasteiger partial charge in [0.2, 0.25) is 5.91 Å². The lowest BCUT2D eigenvalue weighted by molar-refractivity contribution is -0.120. The Labute approximate surface area is 150 Å². The summed E-state index contributed by atoms with van der Waals surface area (Å²) in [5.41, 5.74) is 0.436. The zero-order valence-corrected chi connectivity index (χ0v) is 15.1. The molecule has 1 aromatic heterocycles. The highest BCUT2D eigenvalue weighted by Gasteiger charge is 2.32. The molecule has 0 unspecified atom stereocenters. The molecule has 0 spiro atoms. The second-order valence-corrected chi connectivity index (χ2v) is 7.24. The van der Waals surface area contributed by atoms with Crippen LogP contribution < -0.4 is 5.32 Å². The number of rotatable bonds is 8. The third kappa shape index (κ3) is 4.19. The van der Waals surface area contributed by atoms with Gasteiger partial charge in [0.25, 0.3) is 0 Å². The van der Waals surface area contributed by atoms with Crippen LogP contribution >= 0.6 is 11.8 Å². The molecule has 8 heteroatoms. The van der Waals surface area contributed by atoms with E-state index in [0.29, 0.717) is 29.7 Å². The van der Waals surface area contributed by atoms with Gasteiger partial charge in [-0.15, -0.1) is 10.2 Å². The lowest BCUT2D eigenvalue weighted by Crippen LogP contribution is -2.33. The van der Waals surface area contributed by atoms with Gasteiger partial charge in [0.1, 0.15) is 5.82 Å². The third-order valence-electron chi connectivity index (χ3n) is 3.95. The normalized spacial score (nSPS) is 15.2. The first kappa shape index (κ1) is 17.9. The van der Waals surface area contributed by atoms with Gasteiger partial charge in [0, 0.05) is 19.7 Å². The molecular weight excluding hydrogens is 343 g/mol. The highest BCUT2D eigenvalue weighted by molar-refractivity contribution is 8.00. The summed E-state index contributed by atoms with van der Waals surface area (Å²) in [7, 11) is 1.59. The second-order valence-electron chi connectivity index (χ2n) is 5.93. The molecule has 3 rings (SSSR count). The van der Waals surface area contributed by atoms with Crippen LogP contribution in [0.4, 0.5) is 4.39 Å². The number of hydrogen-bond donors (Lipinski definition) is 1. The smallest absolute Gasteiger partial charge is 0.233 e. The zero-order valence-electron chi connectivity index (χ0n) is 14.2. The fourth-order valence-electron chi connectivity index (χ4n) is 2.48. The quantitative estimate of drug-likeness (QED) is 0.576. The van der Waals surface area contributed by atoms with Crippen molar-refractivity contribution >= 4 is 17.7 Å². The van der Waals surface area contributed by atoms with Crippen LogP contribution in [0.3, 0.4) is 0 Å². The molecule has 1 heterocycles. The average molecular weight is 364 g/mol. The van der Waals surface area contributed by atoms with Gasteiger partial charge in [-0.3, -0.25) is 9.36 Å². The Morgan fingerprint density at radius 1 is 1.44 bits per heavy atom. The van der Waals surface area contributed by atoms with Crippen LogP contribution in [-0.2, 0) is 9.53 Å². The zero-order chi connectivity index (χ0) is 17.8. The maximum absolute atomic E-state index is 14.1. The van der Waals surface area contributed by atoms with E-state index in [2.05, 4.69) is 15.5 Å². The number of ether oxygens (including phenoxy) is 1. The van der Waals surface area contributed by atoms with Gasteiger partial charge < -0.3 is 10.1 Å².